The molecular weight excluding hydrogens is 430 g/mol. The Bertz CT molecular complexity index is 1180. The first kappa shape index (κ1) is 22.0. The Labute approximate surface area is 198 Å². The van der Waals surface area contributed by atoms with Crippen molar-refractivity contribution in [2.75, 3.05) is 33.3 Å². The molecule has 0 unspecified atom stereocenters. The fourth-order valence-electron chi connectivity index (χ4n) is 4.55. The quantitative estimate of drug-likeness (QED) is 0.507. The van der Waals surface area contributed by atoms with Gasteiger partial charge in [-0.2, -0.15) is 0 Å². The maximum absolute atomic E-state index is 13.5. The van der Waals surface area contributed by atoms with Gasteiger partial charge in [-0.15, -0.1) is 0 Å². The van der Waals surface area contributed by atoms with Gasteiger partial charge in [-0.1, -0.05) is 42.5 Å². The monoisotopic (exact) mass is 457 g/mol. The van der Waals surface area contributed by atoms with E-state index in [0.717, 1.165) is 19.6 Å². The number of carbonyl (C=O) groups excluding carboxylic acids is 2. The van der Waals surface area contributed by atoms with Gasteiger partial charge in [0.2, 0.25) is 0 Å². The second-order valence-electron chi connectivity index (χ2n) is 8.48. The van der Waals surface area contributed by atoms with Crippen molar-refractivity contribution in [2.45, 2.75) is 13.1 Å². The molecule has 0 N–H and O–H groups in total. The number of rotatable bonds is 7. The Morgan fingerprint density at radius 2 is 1.56 bits per heavy atom. The topological polar surface area (TPSA) is 66.2 Å². The number of carbonyl (C=O) groups is 2. The molecule has 3 aromatic rings. The van der Waals surface area contributed by atoms with Gasteiger partial charge in [0.1, 0.15) is 17.2 Å². The largest absolute Gasteiger partial charge is 0.497 e. The van der Waals surface area contributed by atoms with Crippen LogP contribution in [0.5, 0.6) is 5.75 Å². The Balaban J connectivity index is 1.40. The van der Waals surface area contributed by atoms with E-state index in [-0.39, 0.29) is 18.4 Å². The zero-order valence-corrected chi connectivity index (χ0v) is 19.1. The molecule has 34 heavy (non-hydrogen) atoms. The van der Waals surface area contributed by atoms with Crippen molar-refractivity contribution in [3.63, 3.8) is 0 Å². The van der Waals surface area contributed by atoms with E-state index >= 15 is 0 Å². The molecule has 1 fully saturated rings. The molecule has 0 aliphatic carbocycles. The van der Waals surface area contributed by atoms with E-state index in [1.54, 1.807) is 25.5 Å². The second-order valence-corrected chi connectivity index (χ2v) is 8.48. The summed E-state index contributed by atoms with van der Waals surface area (Å²) in [6, 6.07) is 21.2. The molecule has 0 spiro atoms. The fraction of sp³-hybridized carbons (Fsp3) is 0.259. The minimum Gasteiger partial charge on any atom is -0.497 e. The zero-order chi connectivity index (χ0) is 23.5. The highest BCUT2D eigenvalue weighted by atomic mass is 16.5. The van der Waals surface area contributed by atoms with Gasteiger partial charge in [0, 0.05) is 32.7 Å². The highest BCUT2D eigenvalue weighted by Crippen LogP contribution is 2.34. The summed E-state index contributed by atoms with van der Waals surface area (Å²) >= 11 is 0. The molecule has 1 aromatic heterocycles. The molecule has 5 rings (SSSR count). The summed E-state index contributed by atoms with van der Waals surface area (Å²) in [4.78, 5) is 32.8. The summed E-state index contributed by atoms with van der Waals surface area (Å²) in [5, 5.41) is 0. The number of hydrogen-bond donors (Lipinski definition) is 0. The van der Waals surface area contributed by atoms with Crippen LogP contribution < -0.4 is 4.74 Å². The third-order valence-electron chi connectivity index (χ3n) is 6.35. The van der Waals surface area contributed by atoms with Crippen molar-refractivity contribution in [3.05, 3.63) is 95.6 Å². The van der Waals surface area contributed by atoms with Gasteiger partial charge in [0.25, 0.3) is 11.8 Å². The maximum atomic E-state index is 13.5. The van der Waals surface area contributed by atoms with Crippen molar-refractivity contribution >= 4 is 17.4 Å². The van der Waals surface area contributed by atoms with Gasteiger partial charge >= 0.3 is 0 Å². The molecule has 0 bridgehead atoms. The van der Waals surface area contributed by atoms with Crippen molar-refractivity contribution in [1.82, 2.24) is 14.7 Å². The van der Waals surface area contributed by atoms with Crippen LogP contribution in [-0.4, -0.2) is 59.8 Å². The molecule has 2 aliphatic rings. The van der Waals surface area contributed by atoms with Crippen molar-refractivity contribution < 1.29 is 18.7 Å². The van der Waals surface area contributed by atoms with E-state index < -0.39 is 0 Å². The molecule has 2 amide bonds. The molecule has 174 valence electrons. The molecule has 0 radical (unpaired) electrons. The minimum absolute atomic E-state index is 0.113. The van der Waals surface area contributed by atoms with Crippen LogP contribution in [0.3, 0.4) is 0 Å². The highest BCUT2D eigenvalue weighted by molar-refractivity contribution is 6.35. The lowest BCUT2D eigenvalue weighted by atomic mass is 10.0. The molecule has 7 nitrogen and oxygen atoms in total. The predicted molar refractivity (Wildman–Crippen MR) is 127 cm³/mol. The van der Waals surface area contributed by atoms with Gasteiger partial charge in [0.05, 0.1) is 25.5 Å². The molecule has 0 atom stereocenters. The van der Waals surface area contributed by atoms with Crippen LogP contribution in [-0.2, 0) is 22.7 Å². The van der Waals surface area contributed by atoms with Crippen LogP contribution in [0.2, 0.25) is 0 Å². The lowest BCUT2D eigenvalue weighted by molar-refractivity contribution is -0.138. The number of hydrogen-bond acceptors (Lipinski definition) is 6. The number of amides is 2. The molecule has 1 saturated heterocycles. The Morgan fingerprint density at radius 3 is 2.21 bits per heavy atom. The molecule has 3 heterocycles. The Morgan fingerprint density at radius 1 is 0.824 bits per heavy atom. The normalized spacial score (nSPS) is 17.1. The second kappa shape index (κ2) is 9.57. The van der Waals surface area contributed by atoms with Crippen LogP contribution in [0.25, 0.3) is 5.57 Å². The molecule has 0 saturated carbocycles. The summed E-state index contributed by atoms with van der Waals surface area (Å²) in [6.07, 6.45) is 1.55. The first-order valence-corrected chi connectivity index (χ1v) is 11.4. The highest BCUT2D eigenvalue weighted by Gasteiger charge is 2.42. The fourth-order valence-corrected chi connectivity index (χ4v) is 4.55. The summed E-state index contributed by atoms with van der Waals surface area (Å²) in [5.41, 5.74) is 2.89. The number of methoxy groups -OCH3 is 1. The Hall–Kier alpha value is -3.84. The minimum atomic E-state index is -0.298. The smallest absolute Gasteiger partial charge is 0.278 e. The number of nitrogens with zero attached hydrogens (tertiary/aromatic N) is 3. The van der Waals surface area contributed by atoms with Gasteiger partial charge in [-0.05, 0) is 35.4 Å². The zero-order valence-electron chi connectivity index (χ0n) is 19.1. The summed E-state index contributed by atoms with van der Waals surface area (Å²) in [6.45, 7) is 3.96. The van der Waals surface area contributed by atoms with E-state index in [4.69, 9.17) is 9.15 Å². The molecular formula is C27H27N3O4. The van der Waals surface area contributed by atoms with E-state index in [1.165, 1.54) is 10.5 Å². The third-order valence-corrected chi connectivity index (χ3v) is 6.35. The summed E-state index contributed by atoms with van der Waals surface area (Å²) in [7, 11) is 1.60. The van der Waals surface area contributed by atoms with Gasteiger partial charge < -0.3 is 14.1 Å². The molecule has 2 aromatic carbocycles. The SMILES string of the molecule is COc1ccc(C2=C(N3CCN(Cc4ccccc4)CC3)C(=O)N(Cc3ccco3)C2=O)cc1. The Kier molecular flexibility index (Phi) is 6.18. The maximum Gasteiger partial charge on any atom is 0.278 e. The van der Waals surface area contributed by atoms with Crippen LogP contribution in [0, 0.1) is 0 Å². The van der Waals surface area contributed by atoms with Crippen LogP contribution >= 0.6 is 0 Å². The van der Waals surface area contributed by atoms with Crippen molar-refractivity contribution in [3.8, 4) is 5.75 Å². The van der Waals surface area contributed by atoms with E-state index in [2.05, 4.69) is 21.9 Å². The average molecular weight is 458 g/mol. The molecule has 7 heteroatoms. The predicted octanol–water partition coefficient (Wildman–Crippen LogP) is 3.39. The number of benzene rings is 2. The van der Waals surface area contributed by atoms with Crippen molar-refractivity contribution in [2.24, 2.45) is 0 Å². The lowest BCUT2D eigenvalue weighted by Gasteiger charge is -2.36. The summed E-state index contributed by atoms with van der Waals surface area (Å²) in [5.74, 6) is 0.700. The first-order valence-electron chi connectivity index (χ1n) is 11.4. The third kappa shape index (κ3) is 4.34. The van der Waals surface area contributed by atoms with E-state index in [1.807, 2.05) is 42.5 Å². The lowest BCUT2D eigenvalue weighted by Crippen LogP contribution is -2.47. The molecule has 2 aliphatic heterocycles. The number of furan rings is 1. The van der Waals surface area contributed by atoms with Crippen LogP contribution in [0.15, 0.2) is 83.1 Å². The number of imide groups is 1. The van der Waals surface area contributed by atoms with E-state index in [0.29, 0.717) is 41.4 Å². The number of piperazine rings is 1. The summed E-state index contributed by atoms with van der Waals surface area (Å²) < 4.78 is 10.7. The number of ether oxygens (including phenoxy) is 1. The average Bonchev–Trinajstić information content (AvgIpc) is 3.48. The van der Waals surface area contributed by atoms with Gasteiger partial charge in [-0.25, -0.2) is 0 Å². The van der Waals surface area contributed by atoms with Crippen LogP contribution in [0.1, 0.15) is 16.9 Å². The van der Waals surface area contributed by atoms with Gasteiger partial charge in [-0.3, -0.25) is 19.4 Å². The van der Waals surface area contributed by atoms with Gasteiger partial charge in [0.15, 0.2) is 0 Å². The van der Waals surface area contributed by atoms with E-state index in [9.17, 15) is 9.59 Å². The van der Waals surface area contributed by atoms with Crippen LogP contribution in [0.4, 0.5) is 0 Å². The van der Waals surface area contributed by atoms with Crippen molar-refractivity contribution in [1.29, 1.82) is 0 Å². The standard InChI is InChI=1S/C27H27N3O4/c1-33-22-11-9-21(10-12-22)24-25(27(32)30(26(24)31)19-23-8-5-17-34-23)29-15-13-28(14-16-29)18-20-6-3-2-4-7-20/h2-12,17H,13-16,18-19H2,1H3. The first-order chi connectivity index (χ1) is 16.6.